The van der Waals surface area contributed by atoms with Gasteiger partial charge in [0.1, 0.15) is 5.65 Å². The molecule has 2 aromatic rings. The molecule has 0 atom stereocenters. The molecule has 0 aliphatic heterocycles. The lowest BCUT2D eigenvalue weighted by atomic mass is 10.2. The normalized spacial score (nSPS) is 11.4. The van der Waals surface area contributed by atoms with Gasteiger partial charge in [0.15, 0.2) is 0 Å². The third-order valence-corrected chi connectivity index (χ3v) is 2.21. The Balaban J connectivity index is 2.62. The Kier molecular flexibility index (Phi) is 1.83. The number of hydrogen-bond acceptors (Lipinski definition) is 1. The maximum atomic E-state index is 4.52. The van der Waals surface area contributed by atoms with Crippen LogP contribution in [0.2, 0.25) is 0 Å². The molecule has 2 heteroatoms. The standard InChI is InChI=1S/C11H14N2/c1-8(2)10-7-13-6-9(3)4-5-11(13)12-10/h4-8H,1-3H3. The number of pyridine rings is 1. The molecule has 2 aromatic heterocycles. The van der Waals surface area contributed by atoms with Gasteiger partial charge in [-0.2, -0.15) is 0 Å². The van der Waals surface area contributed by atoms with Crippen LogP contribution >= 0.6 is 0 Å². The van der Waals surface area contributed by atoms with Crippen molar-refractivity contribution in [1.82, 2.24) is 9.38 Å². The predicted molar refractivity (Wildman–Crippen MR) is 54.0 cm³/mol. The monoisotopic (exact) mass is 174 g/mol. The van der Waals surface area contributed by atoms with Crippen LogP contribution in [0.1, 0.15) is 31.0 Å². The largest absolute Gasteiger partial charge is 0.307 e. The van der Waals surface area contributed by atoms with E-state index in [0.717, 1.165) is 11.3 Å². The van der Waals surface area contributed by atoms with E-state index in [4.69, 9.17) is 0 Å². The summed E-state index contributed by atoms with van der Waals surface area (Å²) in [6, 6.07) is 4.15. The van der Waals surface area contributed by atoms with E-state index in [9.17, 15) is 0 Å². The Bertz CT molecular complexity index is 427. The summed E-state index contributed by atoms with van der Waals surface area (Å²) in [6.07, 6.45) is 4.21. The molecular formula is C11H14N2. The fourth-order valence-electron chi connectivity index (χ4n) is 1.40. The molecule has 0 aromatic carbocycles. The lowest BCUT2D eigenvalue weighted by molar-refractivity contribution is 0.834. The molecule has 0 N–H and O–H groups in total. The first-order chi connectivity index (χ1) is 6.16. The number of nitrogens with zero attached hydrogens (tertiary/aromatic N) is 2. The van der Waals surface area contributed by atoms with Crippen LogP contribution in [0.5, 0.6) is 0 Å². The first-order valence-electron chi connectivity index (χ1n) is 4.62. The summed E-state index contributed by atoms with van der Waals surface area (Å²) in [4.78, 5) is 4.52. The van der Waals surface area contributed by atoms with Crippen LogP contribution in [0.25, 0.3) is 5.65 Å². The van der Waals surface area contributed by atoms with E-state index in [1.165, 1.54) is 5.56 Å². The third-order valence-electron chi connectivity index (χ3n) is 2.21. The van der Waals surface area contributed by atoms with Gasteiger partial charge in [-0.25, -0.2) is 4.98 Å². The maximum absolute atomic E-state index is 4.52. The number of aryl methyl sites for hydroxylation is 1. The number of fused-ring (bicyclic) bond motifs is 1. The maximum Gasteiger partial charge on any atom is 0.136 e. The zero-order valence-corrected chi connectivity index (χ0v) is 8.28. The predicted octanol–water partition coefficient (Wildman–Crippen LogP) is 2.77. The highest BCUT2D eigenvalue weighted by molar-refractivity contribution is 5.41. The van der Waals surface area contributed by atoms with Gasteiger partial charge >= 0.3 is 0 Å². The molecule has 0 aliphatic carbocycles. The van der Waals surface area contributed by atoms with Crippen molar-refractivity contribution in [2.75, 3.05) is 0 Å². The van der Waals surface area contributed by atoms with Crippen LogP contribution in [0.4, 0.5) is 0 Å². The van der Waals surface area contributed by atoms with E-state index < -0.39 is 0 Å². The topological polar surface area (TPSA) is 17.3 Å². The van der Waals surface area contributed by atoms with E-state index in [2.05, 4.69) is 54.7 Å². The van der Waals surface area contributed by atoms with Crippen molar-refractivity contribution < 1.29 is 0 Å². The Labute approximate surface area is 78.2 Å². The highest BCUT2D eigenvalue weighted by Gasteiger charge is 2.04. The molecule has 0 bridgehead atoms. The lowest BCUT2D eigenvalue weighted by Crippen LogP contribution is -1.84. The molecule has 0 fully saturated rings. The van der Waals surface area contributed by atoms with Crippen molar-refractivity contribution in [2.45, 2.75) is 26.7 Å². The van der Waals surface area contributed by atoms with Gasteiger partial charge in [0, 0.05) is 12.4 Å². The molecule has 2 nitrogen and oxygen atoms in total. The minimum absolute atomic E-state index is 0.500. The van der Waals surface area contributed by atoms with Crippen LogP contribution < -0.4 is 0 Å². The zero-order valence-electron chi connectivity index (χ0n) is 8.28. The van der Waals surface area contributed by atoms with Crippen molar-refractivity contribution in [2.24, 2.45) is 0 Å². The van der Waals surface area contributed by atoms with Crippen molar-refractivity contribution in [3.63, 3.8) is 0 Å². The summed E-state index contributed by atoms with van der Waals surface area (Å²) < 4.78 is 2.09. The number of rotatable bonds is 1. The molecule has 2 heterocycles. The smallest absolute Gasteiger partial charge is 0.136 e. The fraction of sp³-hybridized carbons (Fsp3) is 0.364. The Hall–Kier alpha value is -1.31. The fourth-order valence-corrected chi connectivity index (χ4v) is 1.40. The molecule has 0 aliphatic rings. The van der Waals surface area contributed by atoms with E-state index in [1.54, 1.807) is 0 Å². The molecule has 68 valence electrons. The SMILES string of the molecule is Cc1ccc2nc(C(C)C)cn2c1. The Morgan fingerprint density at radius 3 is 2.69 bits per heavy atom. The van der Waals surface area contributed by atoms with Gasteiger partial charge in [-0.05, 0) is 24.5 Å². The van der Waals surface area contributed by atoms with Gasteiger partial charge in [0.05, 0.1) is 5.69 Å². The van der Waals surface area contributed by atoms with E-state index in [1.807, 2.05) is 0 Å². The summed E-state index contributed by atoms with van der Waals surface area (Å²) in [5.74, 6) is 0.500. The molecule has 0 spiro atoms. The minimum atomic E-state index is 0.500. The summed E-state index contributed by atoms with van der Waals surface area (Å²) in [5, 5.41) is 0. The zero-order chi connectivity index (χ0) is 9.42. The van der Waals surface area contributed by atoms with E-state index in [-0.39, 0.29) is 0 Å². The molecule has 2 rings (SSSR count). The Morgan fingerprint density at radius 2 is 2.00 bits per heavy atom. The van der Waals surface area contributed by atoms with Gasteiger partial charge in [0.25, 0.3) is 0 Å². The average Bonchev–Trinajstić information content (AvgIpc) is 2.46. The lowest BCUT2D eigenvalue weighted by Gasteiger charge is -1.94. The second-order valence-electron chi connectivity index (χ2n) is 3.79. The second kappa shape index (κ2) is 2.87. The molecule has 0 saturated carbocycles. The summed E-state index contributed by atoms with van der Waals surface area (Å²) in [7, 11) is 0. The van der Waals surface area contributed by atoms with E-state index >= 15 is 0 Å². The second-order valence-corrected chi connectivity index (χ2v) is 3.79. The van der Waals surface area contributed by atoms with E-state index in [0.29, 0.717) is 5.92 Å². The van der Waals surface area contributed by atoms with Gasteiger partial charge < -0.3 is 4.40 Å². The van der Waals surface area contributed by atoms with Crippen LogP contribution in [0.15, 0.2) is 24.5 Å². The molecule has 0 radical (unpaired) electrons. The van der Waals surface area contributed by atoms with Crippen molar-refractivity contribution in [1.29, 1.82) is 0 Å². The number of imidazole rings is 1. The van der Waals surface area contributed by atoms with Crippen LogP contribution in [0, 0.1) is 6.92 Å². The van der Waals surface area contributed by atoms with Crippen LogP contribution in [0.3, 0.4) is 0 Å². The summed E-state index contributed by atoms with van der Waals surface area (Å²) in [6.45, 7) is 6.41. The number of hydrogen-bond donors (Lipinski definition) is 0. The first kappa shape index (κ1) is 8.30. The van der Waals surface area contributed by atoms with Gasteiger partial charge in [-0.15, -0.1) is 0 Å². The molecular weight excluding hydrogens is 160 g/mol. The summed E-state index contributed by atoms with van der Waals surface area (Å²) in [5.41, 5.74) is 3.46. The highest BCUT2D eigenvalue weighted by Crippen LogP contribution is 2.14. The average molecular weight is 174 g/mol. The van der Waals surface area contributed by atoms with Gasteiger partial charge in [-0.1, -0.05) is 19.9 Å². The number of aromatic nitrogens is 2. The minimum Gasteiger partial charge on any atom is -0.307 e. The van der Waals surface area contributed by atoms with Crippen molar-refractivity contribution in [3.05, 3.63) is 35.8 Å². The molecule has 0 saturated heterocycles. The first-order valence-corrected chi connectivity index (χ1v) is 4.62. The summed E-state index contributed by atoms with van der Waals surface area (Å²) >= 11 is 0. The highest BCUT2D eigenvalue weighted by atomic mass is 15.0. The quantitative estimate of drug-likeness (QED) is 0.649. The Morgan fingerprint density at radius 1 is 1.23 bits per heavy atom. The molecule has 0 amide bonds. The van der Waals surface area contributed by atoms with Crippen LogP contribution in [-0.4, -0.2) is 9.38 Å². The van der Waals surface area contributed by atoms with Gasteiger partial charge in [0.2, 0.25) is 0 Å². The van der Waals surface area contributed by atoms with Crippen molar-refractivity contribution in [3.8, 4) is 0 Å². The van der Waals surface area contributed by atoms with Gasteiger partial charge in [-0.3, -0.25) is 0 Å². The third kappa shape index (κ3) is 1.44. The van der Waals surface area contributed by atoms with Crippen molar-refractivity contribution >= 4 is 5.65 Å². The molecule has 13 heavy (non-hydrogen) atoms. The van der Waals surface area contributed by atoms with Crippen LogP contribution in [-0.2, 0) is 0 Å². The molecule has 0 unspecified atom stereocenters.